The van der Waals surface area contributed by atoms with Crippen LogP contribution in [0.1, 0.15) is 37.5 Å². The lowest BCUT2D eigenvalue weighted by atomic mass is 10.00. The Hall–Kier alpha value is -3.28. The summed E-state index contributed by atoms with van der Waals surface area (Å²) >= 11 is 0. The minimum atomic E-state index is -0.581. The van der Waals surface area contributed by atoms with Crippen LogP contribution in [0.4, 0.5) is 16.2 Å². The van der Waals surface area contributed by atoms with Crippen molar-refractivity contribution in [3.63, 3.8) is 0 Å². The Kier molecular flexibility index (Phi) is 3.91. The van der Waals surface area contributed by atoms with Crippen LogP contribution in [0.5, 0.6) is 0 Å². The van der Waals surface area contributed by atoms with E-state index < -0.39 is 11.7 Å². The third-order valence-electron chi connectivity index (χ3n) is 4.27. The van der Waals surface area contributed by atoms with Gasteiger partial charge in [0.05, 0.1) is 5.57 Å². The summed E-state index contributed by atoms with van der Waals surface area (Å²) in [6.07, 6.45) is -0.528. The van der Waals surface area contributed by atoms with E-state index in [4.69, 9.17) is 9.47 Å². The van der Waals surface area contributed by atoms with Crippen LogP contribution >= 0.6 is 0 Å². The highest BCUT2D eigenvalue weighted by Gasteiger charge is 2.32. The van der Waals surface area contributed by atoms with Crippen LogP contribution in [0, 0.1) is 0 Å². The summed E-state index contributed by atoms with van der Waals surface area (Å²) in [5.41, 5.74) is 3.86. The van der Waals surface area contributed by atoms with Gasteiger partial charge in [-0.25, -0.2) is 4.79 Å². The van der Waals surface area contributed by atoms with Crippen molar-refractivity contribution >= 4 is 34.7 Å². The average Bonchev–Trinajstić information content (AvgIpc) is 3.12. The van der Waals surface area contributed by atoms with Crippen molar-refractivity contribution in [2.75, 3.05) is 10.6 Å². The maximum Gasteiger partial charge on any atom is 0.412 e. The predicted octanol–water partition coefficient (Wildman–Crippen LogP) is 4.38. The zero-order valence-electron chi connectivity index (χ0n) is 15.4. The summed E-state index contributed by atoms with van der Waals surface area (Å²) in [5, 5.41) is 5.59. The fourth-order valence-corrected chi connectivity index (χ4v) is 3.19. The Morgan fingerprint density at radius 1 is 1.15 bits per heavy atom. The predicted molar refractivity (Wildman–Crippen MR) is 103 cm³/mol. The molecule has 0 aromatic heterocycles. The number of carbonyl (C=O) groups excluding carboxylic acids is 2. The van der Waals surface area contributed by atoms with Crippen LogP contribution in [0.3, 0.4) is 0 Å². The molecular weight excluding hydrogens is 344 g/mol. The van der Waals surface area contributed by atoms with Crippen LogP contribution in [-0.2, 0) is 20.9 Å². The van der Waals surface area contributed by atoms with E-state index in [1.807, 2.05) is 57.2 Å². The van der Waals surface area contributed by atoms with Gasteiger partial charge in [-0.2, -0.15) is 0 Å². The maximum atomic E-state index is 12.5. The fourth-order valence-electron chi connectivity index (χ4n) is 3.19. The summed E-state index contributed by atoms with van der Waals surface area (Å²) in [6.45, 7) is 5.81. The van der Waals surface area contributed by atoms with E-state index in [2.05, 4.69) is 10.6 Å². The molecule has 0 aliphatic carbocycles. The Morgan fingerprint density at radius 2 is 1.93 bits per heavy atom. The molecule has 2 aliphatic rings. The highest BCUT2D eigenvalue weighted by Crippen LogP contribution is 2.42. The number of anilines is 2. The molecule has 2 amide bonds. The van der Waals surface area contributed by atoms with E-state index >= 15 is 0 Å². The van der Waals surface area contributed by atoms with Crippen molar-refractivity contribution < 1.29 is 19.1 Å². The lowest BCUT2D eigenvalue weighted by molar-refractivity contribution is -0.110. The quantitative estimate of drug-likeness (QED) is 0.736. The smallest absolute Gasteiger partial charge is 0.412 e. The molecule has 0 spiro atoms. The Labute approximate surface area is 157 Å². The van der Waals surface area contributed by atoms with Crippen LogP contribution in [0.25, 0.3) is 11.3 Å². The molecule has 0 radical (unpaired) electrons. The van der Waals surface area contributed by atoms with E-state index in [1.54, 1.807) is 6.07 Å². The lowest BCUT2D eigenvalue weighted by Gasteiger charge is -2.19. The Morgan fingerprint density at radius 3 is 2.70 bits per heavy atom. The zero-order valence-corrected chi connectivity index (χ0v) is 15.4. The third kappa shape index (κ3) is 3.26. The molecule has 0 atom stereocenters. The van der Waals surface area contributed by atoms with Gasteiger partial charge in [-0.1, -0.05) is 24.3 Å². The number of ether oxygens (including phenoxy) is 2. The minimum absolute atomic E-state index is 0.190. The molecule has 2 aromatic carbocycles. The van der Waals surface area contributed by atoms with Gasteiger partial charge in [-0.3, -0.25) is 10.1 Å². The van der Waals surface area contributed by atoms with Crippen molar-refractivity contribution in [1.82, 2.24) is 0 Å². The first-order chi connectivity index (χ1) is 12.8. The molecule has 2 aromatic rings. The molecule has 0 bridgehead atoms. The van der Waals surface area contributed by atoms with E-state index in [1.165, 1.54) is 0 Å². The number of fused-ring (bicyclic) bond motifs is 2. The number of hydrogen-bond acceptors (Lipinski definition) is 4. The van der Waals surface area contributed by atoms with Gasteiger partial charge in [0.15, 0.2) is 0 Å². The van der Waals surface area contributed by atoms with Crippen molar-refractivity contribution in [1.29, 1.82) is 0 Å². The number of nitrogens with one attached hydrogen (secondary N) is 2. The summed E-state index contributed by atoms with van der Waals surface area (Å²) in [5.74, 6) is 0.338. The number of amides is 2. The lowest BCUT2D eigenvalue weighted by Crippen LogP contribution is -2.27. The van der Waals surface area contributed by atoms with Crippen molar-refractivity contribution in [3.8, 4) is 0 Å². The first-order valence-electron chi connectivity index (χ1n) is 8.73. The first kappa shape index (κ1) is 17.1. The van der Waals surface area contributed by atoms with E-state index in [9.17, 15) is 9.59 Å². The van der Waals surface area contributed by atoms with Crippen LogP contribution < -0.4 is 10.6 Å². The summed E-state index contributed by atoms with van der Waals surface area (Å²) in [6, 6.07) is 13.0. The highest BCUT2D eigenvalue weighted by atomic mass is 16.6. The first-order valence-corrected chi connectivity index (χ1v) is 8.73. The molecule has 2 N–H and O–H groups in total. The van der Waals surface area contributed by atoms with E-state index in [-0.39, 0.29) is 5.91 Å². The number of rotatable bonds is 1. The molecule has 0 saturated carbocycles. The van der Waals surface area contributed by atoms with Gasteiger partial charge in [0.1, 0.15) is 18.0 Å². The molecule has 6 heteroatoms. The number of carbonyl (C=O) groups is 2. The van der Waals surface area contributed by atoms with Gasteiger partial charge in [-0.15, -0.1) is 0 Å². The molecule has 138 valence electrons. The molecule has 2 aliphatic heterocycles. The molecular formula is C21H20N2O4. The van der Waals surface area contributed by atoms with E-state index in [0.717, 1.165) is 22.4 Å². The number of hydrogen-bond donors (Lipinski definition) is 2. The summed E-state index contributed by atoms with van der Waals surface area (Å²) in [4.78, 5) is 24.5. The van der Waals surface area contributed by atoms with E-state index in [0.29, 0.717) is 23.6 Å². The van der Waals surface area contributed by atoms with Crippen LogP contribution in [0.15, 0.2) is 42.5 Å². The molecule has 27 heavy (non-hydrogen) atoms. The number of para-hydroxylation sites is 1. The van der Waals surface area contributed by atoms with Gasteiger partial charge in [0.25, 0.3) is 5.91 Å². The topological polar surface area (TPSA) is 76.7 Å². The minimum Gasteiger partial charge on any atom is -0.487 e. The standard InChI is InChI=1S/C21H20N2O4/c1-21(2,3)27-20(25)22-13-9-8-12-11-26-18(15(12)10-13)17-14-6-4-5-7-16(14)23-19(17)24/h4-10H,11H2,1-3H3,(H,22,25)(H,23,24). The van der Waals surface area contributed by atoms with Crippen molar-refractivity contribution in [3.05, 3.63) is 59.2 Å². The van der Waals surface area contributed by atoms with Crippen LogP contribution in [-0.4, -0.2) is 17.6 Å². The van der Waals surface area contributed by atoms with Crippen LogP contribution in [0.2, 0.25) is 0 Å². The monoisotopic (exact) mass is 364 g/mol. The second-order valence-corrected chi connectivity index (χ2v) is 7.49. The zero-order chi connectivity index (χ0) is 19.2. The second kappa shape index (κ2) is 6.16. The van der Waals surface area contributed by atoms with Gasteiger partial charge in [0, 0.05) is 28.1 Å². The summed E-state index contributed by atoms with van der Waals surface area (Å²) in [7, 11) is 0. The normalized spacial score (nSPS) is 17.7. The van der Waals surface area contributed by atoms with Gasteiger partial charge in [0.2, 0.25) is 0 Å². The SMILES string of the molecule is CC(C)(C)OC(=O)Nc1ccc2c(c1)C(=C1C(=O)Nc3ccccc31)OC2. The Bertz CT molecular complexity index is 986. The largest absolute Gasteiger partial charge is 0.487 e. The third-order valence-corrected chi connectivity index (χ3v) is 4.27. The van der Waals surface area contributed by atoms with Gasteiger partial charge >= 0.3 is 6.09 Å². The molecule has 2 heterocycles. The van der Waals surface area contributed by atoms with Gasteiger partial charge < -0.3 is 14.8 Å². The average molecular weight is 364 g/mol. The number of benzene rings is 2. The van der Waals surface area contributed by atoms with Crippen molar-refractivity contribution in [2.24, 2.45) is 0 Å². The van der Waals surface area contributed by atoms with Crippen molar-refractivity contribution in [2.45, 2.75) is 33.0 Å². The molecule has 0 saturated heterocycles. The molecule has 0 fully saturated rings. The molecule has 6 nitrogen and oxygen atoms in total. The molecule has 0 unspecified atom stereocenters. The fraction of sp³-hybridized carbons (Fsp3) is 0.238. The maximum absolute atomic E-state index is 12.5. The van der Waals surface area contributed by atoms with Gasteiger partial charge in [-0.05, 0) is 39.0 Å². The highest BCUT2D eigenvalue weighted by molar-refractivity contribution is 6.36. The Balaban J connectivity index is 1.70. The molecule has 4 rings (SSSR count). The summed E-state index contributed by atoms with van der Waals surface area (Å²) < 4.78 is 11.1. The second-order valence-electron chi connectivity index (χ2n) is 7.49.